The molecule has 2 nitrogen and oxygen atoms in total. The molecule has 3 rings (SSSR count). The number of phenolic OH excluding ortho intramolecular Hbond substituents is 1. The summed E-state index contributed by atoms with van der Waals surface area (Å²) in [6.07, 6.45) is 1.21. The van der Waals surface area contributed by atoms with E-state index in [0.29, 0.717) is 23.8 Å². The van der Waals surface area contributed by atoms with Gasteiger partial charge in [-0.2, -0.15) is 0 Å². The first-order valence-electron chi connectivity index (χ1n) is 6.84. The zero-order valence-electron chi connectivity index (χ0n) is 11.1. The zero-order chi connectivity index (χ0) is 13.2. The van der Waals surface area contributed by atoms with Crippen LogP contribution in [-0.4, -0.2) is 11.1 Å². The molecule has 2 aromatic rings. The minimum atomic E-state index is 0.319. The summed E-state index contributed by atoms with van der Waals surface area (Å²) in [5, 5.41) is 13.0. The molecular formula is C17H19NO. The molecule has 2 aromatic carbocycles. The van der Waals surface area contributed by atoms with E-state index in [0.717, 1.165) is 0 Å². The Balaban J connectivity index is 1.60. The molecule has 0 aromatic heterocycles. The molecule has 0 spiro atoms. The maximum Gasteiger partial charge on any atom is 0.115 e. The first kappa shape index (κ1) is 12.2. The van der Waals surface area contributed by atoms with E-state index in [-0.39, 0.29) is 0 Å². The normalized spacial score (nSPS) is 23.0. The Morgan fingerprint density at radius 2 is 1.74 bits per heavy atom. The van der Waals surface area contributed by atoms with E-state index in [1.54, 1.807) is 12.1 Å². The standard InChI is InChI=1S/C17H19NO/c1-12(13-7-9-15(19)10-8-13)18-17-11-16(17)14-5-3-2-4-6-14/h2-10,12,16-19H,11H2,1H3. The highest BCUT2D eigenvalue weighted by Gasteiger charge is 2.38. The summed E-state index contributed by atoms with van der Waals surface area (Å²) in [5.74, 6) is 0.977. The molecule has 3 unspecified atom stereocenters. The van der Waals surface area contributed by atoms with Gasteiger partial charge in [-0.25, -0.2) is 0 Å². The van der Waals surface area contributed by atoms with Crippen molar-refractivity contribution < 1.29 is 5.11 Å². The second-order valence-corrected chi connectivity index (χ2v) is 5.34. The minimum absolute atomic E-state index is 0.319. The van der Waals surface area contributed by atoms with Crippen molar-refractivity contribution in [2.75, 3.05) is 0 Å². The molecule has 0 amide bonds. The van der Waals surface area contributed by atoms with Gasteiger partial charge >= 0.3 is 0 Å². The molecule has 1 aliphatic carbocycles. The molecule has 1 fully saturated rings. The second kappa shape index (κ2) is 5.06. The molecule has 0 radical (unpaired) electrons. The lowest BCUT2D eigenvalue weighted by Crippen LogP contribution is -2.22. The Hall–Kier alpha value is -1.80. The van der Waals surface area contributed by atoms with Gasteiger partial charge in [-0.3, -0.25) is 0 Å². The van der Waals surface area contributed by atoms with Gasteiger partial charge in [0.2, 0.25) is 0 Å². The van der Waals surface area contributed by atoms with Crippen LogP contribution in [0.5, 0.6) is 5.75 Å². The third kappa shape index (κ3) is 2.79. The van der Waals surface area contributed by atoms with Crippen molar-refractivity contribution >= 4 is 0 Å². The molecule has 1 aliphatic rings. The Labute approximate surface area is 114 Å². The lowest BCUT2D eigenvalue weighted by atomic mass is 10.1. The highest BCUT2D eigenvalue weighted by molar-refractivity contribution is 5.30. The Morgan fingerprint density at radius 1 is 1.05 bits per heavy atom. The quantitative estimate of drug-likeness (QED) is 0.872. The first-order chi connectivity index (χ1) is 9.24. The van der Waals surface area contributed by atoms with Crippen LogP contribution in [0.3, 0.4) is 0 Å². The highest BCUT2D eigenvalue weighted by atomic mass is 16.3. The summed E-state index contributed by atoms with van der Waals surface area (Å²) in [4.78, 5) is 0. The predicted molar refractivity (Wildman–Crippen MR) is 77.2 cm³/mol. The van der Waals surface area contributed by atoms with Crippen LogP contribution < -0.4 is 5.32 Å². The van der Waals surface area contributed by atoms with Gasteiger partial charge in [0.05, 0.1) is 0 Å². The van der Waals surface area contributed by atoms with Gasteiger partial charge in [0, 0.05) is 18.0 Å². The number of rotatable bonds is 4. The van der Waals surface area contributed by atoms with Crippen LogP contribution >= 0.6 is 0 Å². The lowest BCUT2D eigenvalue weighted by Gasteiger charge is -2.14. The van der Waals surface area contributed by atoms with Crippen LogP contribution in [0.1, 0.15) is 36.4 Å². The molecule has 0 saturated heterocycles. The highest BCUT2D eigenvalue weighted by Crippen LogP contribution is 2.41. The molecule has 0 aliphatic heterocycles. The van der Waals surface area contributed by atoms with Crippen LogP contribution in [0.4, 0.5) is 0 Å². The number of hydrogen-bond acceptors (Lipinski definition) is 2. The van der Waals surface area contributed by atoms with E-state index in [2.05, 4.69) is 42.6 Å². The fourth-order valence-electron chi connectivity index (χ4n) is 2.63. The third-order valence-electron chi connectivity index (χ3n) is 3.88. The maximum absolute atomic E-state index is 9.30. The maximum atomic E-state index is 9.30. The van der Waals surface area contributed by atoms with Gasteiger partial charge in [-0.15, -0.1) is 0 Å². The summed E-state index contributed by atoms with van der Waals surface area (Å²) in [5.41, 5.74) is 2.65. The average molecular weight is 253 g/mol. The molecule has 0 bridgehead atoms. The smallest absolute Gasteiger partial charge is 0.115 e. The summed E-state index contributed by atoms with van der Waals surface area (Å²) in [7, 11) is 0. The average Bonchev–Trinajstić information content (AvgIpc) is 3.20. The van der Waals surface area contributed by atoms with E-state index in [9.17, 15) is 5.11 Å². The summed E-state index contributed by atoms with van der Waals surface area (Å²) >= 11 is 0. The number of benzene rings is 2. The lowest BCUT2D eigenvalue weighted by molar-refractivity contribution is 0.474. The fourth-order valence-corrected chi connectivity index (χ4v) is 2.63. The van der Waals surface area contributed by atoms with Crippen LogP contribution in [-0.2, 0) is 0 Å². The van der Waals surface area contributed by atoms with Crippen molar-refractivity contribution in [2.24, 2.45) is 0 Å². The van der Waals surface area contributed by atoms with E-state index in [4.69, 9.17) is 0 Å². The number of hydrogen-bond donors (Lipinski definition) is 2. The number of aromatic hydroxyl groups is 1. The van der Waals surface area contributed by atoms with Crippen LogP contribution in [0.2, 0.25) is 0 Å². The van der Waals surface area contributed by atoms with Gasteiger partial charge in [0.1, 0.15) is 5.75 Å². The van der Waals surface area contributed by atoms with Crippen molar-refractivity contribution in [1.82, 2.24) is 5.32 Å². The number of nitrogens with one attached hydrogen (secondary N) is 1. The van der Waals surface area contributed by atoms with Gasteiger partial charge < -0.3 is 10.4 Å². The summed E-state index contributed by atoms with van der Waals surface area (Å²) < 4.78 is 0. The topological polar surface area (TPSA) is 32.3 Å². The largest absolute Gasteiger partial charge is 0.508 e. The zero-order valence-corrected chi connectivity index (χ0v) is 11.1. The number of phenols is 1. The van der Waals surface area contributed by atoms with Crippen LogP contribution in [0, 0.1) is 0 Å². The minimum Gasteiger partial charge on any atom is -0.508 e. The molecule has 19 heavy (non-hydrogen) atoms. The van der Waals surface area contributed by atoms with Crippen molar-refractivity contribution in [3.8, 4) is 5.75 Å². The molecule has 0 heterocycles. The van der Waals surface area contributed by atoms with E-state index >= 15 is 0 Å². The van der Waals surface area contributed by atoms with Crippen molar-refractivity contribution in [3.05, 3.63) is 65.7 Å². The van der Waals surface area contributed by atoms with Crippen molar-refractivity contribution in [3.63, 3.8) is 0 Å². The van der Waals surface area contributed by atoms with Gasteiger partial charge in [-0.1, -0.05) is 42.5 Å². The molecule has 3 atom stereocenters. The van der Waals surface area contributed by atoms with E-state index in [1.165, 1.54) is 17.5 Å². The molecule has 2 heteroatoms. The first-order valence-corrected chi connectivity index (χ1v) is 6.84. The van der Waals surface area contributed by atoms with Crippen molar-refractivity contribution in [1.29, 1.82) is 0 Å². The third-order valence-corrected chi connectivity index (χ3v) is 3.88. The summed E-state index contributed by atoms with van der Waals surface area (Å²) in [6.45, 7) is 2.17. The second-order valence-electron chi connectivity index (χ2n) is 5.34. The van der Waals surface area contributed by atoms with Gasteiger partial charge in [0.15, 0.2) is 0 Å². The predicted octanol–water partition coefficient (Wildman–Crippen LogP) is 3.60. The summed E-state index contributed by atoms with van der Waals surface area (Å²) in [6, 6.07) is 19.0. The Bertz CT molecular complexity index is 535. The van der Waals surface area contributed by atoms with Gasteiger partial charge in [-0.05, 0) is 36.6 Å². The van der Waals surface area contributed by atoms with E-state index < -0.39 is 0 Å². The molecule has 2 N–H and O–H groups in total. The monoisotopic (exact) mass is 253 g/mol. The van der Waals surface area contributed by atoms with Gasteiger partial charge in [0.25, 0.3) is 0 Å². The van der Waals surface area contributed by atoms with Crippen molar-refractivity contribution in [2.45, 2.75) is 31.3 Å². The molecular weight excluding hydrogens is 234 g/mol. The SMILES string of the molecule is CC(NC1CC1c1ccccc1)c1ccc(O)cc1. The fraction of sp³-hybridized carbons (Fsp3) is 0.294. The van der Waals surface area contributed by atoms with E-state index in [1.807, 2.05) is 12.1 Å². The Morgan fingerprint density at radius 3 is 2.42 bits per heavy atom. The Kier molecular flexibility index (Phi) is 3.26. The van der Waals surface area contributed by atoms with Crippen LogP contribution in [0.25, 0.3) is 0 Å². The van der Waals surface area contributed by atoms with Crippen LogP contribution in [0.15, 0.2) is 54.6 Å². The molecule has 98 valence electrons. The molecule has 1 saturated carbocycles.